The van der Waals surface area contributed by atoms with Crippen LogP contribution in [0.5, 0.6) is 0 Å². The molecule has 23 heavy (non-hydrogen) atoms. The molecule has 2 rings (SSSR count). The van der Waals surface area contributed by atoms with Crippen LogP contribution >= 0.6 is 0 Å². The lowest BCUT2D eigenvalue weighted by Gasteiger charge is -2.09. The molecular formula is C16H17FN4O2. The van der Waals surface area contributed by atoms with E-state index in [-0.39, 0.29) is 12.2 Å². The summed E-state index contributed by atoms with van der Waals surface area (Å²) in [5.41, 5.74) is 0.762. The summed E-state index contributed by atoms with van der Waals surface area (Å²) in [7, 11) is 0. The second-order valence-electron chi connectivity index (χ2n) is 4.84. The Morgan fingerprint density at radius 1 is 1.13 bits per heavy atom. The molecule has 1 aromatic carbocycles. The third kappa shape index (κ3) is 5.06. The Balaban J connectivity index is 1.77. The Morgan fingerprint density at radius 2 is 1.96 bits per heavy atom. The minimum absolute atomic E-state index is 0.0169. The van der Waals surface area contributed by atoms with Crippen LogP contribution in [0.4, 0.5) is 15.9 Å². The van der Waals surface area contributed by atoms with Gasteiger partial charge in [-0.2, -0.15) is 0 Å². The first kappa shape index (κ1) is 16.4. The van der Waals surface area contributed by atoms with E-state index in [4.69, 9.17) is 0 Å². The number of aromatic nitrogens is 1. The Labute approximate surface area is 133 Å². The molecule has 0 aliphatic heterocycles. The molecule has 120 valence electrons. The van der Waals surface area contributed by atoms with Gasteiger partial charge in [-0.25, -0.2) is 9.37 Å². The van der Waals surface area contributed by atoms with Crippen molar-refractivity contribution in [3.8, 4) is 0 Å². The van der Waals surface area contributed by atoms with E-state index < -0.39 is 17.6 Å². The molecule has 1 aromatic heterocycles. The van der Waals surface area contributed by atoms with Crippen molar-refractivity contribution < 1.29 is 14.0 Å². The van der Waals surface area contributed by atoms with Gasteiger partial charge in [0.1, 0.15) is 11.6 Å². The third-order valence-electron chi connectivity index (χ3n) is 2.96. The van der Waals surface area contributed by atoms with Gasteiger partial charge < -0.3 is 16.0 Å². The maximum absolute atomic E-state index is 13.5. The first-order chi connectivity index (χ1) is 11.1. The van der Waals surface area contributed by atoms with E-state index in [1.165, 1.54) is 12.1 Å². The summed E-state index contributed by atoms with van der Waals surface area (Å²) in [6.45, 7) is 2.41. The van der Waals surface area contributed by atoms with Crippen molar-refractivity contribution in [2.75, 3.05) is 23.7 Å². The van der Waals surface area contributed by atoms with Crippen molar-refractivity contribution >= 4 is 23.3 Å². The highest BCUT2D eigenvalue weighted by molar-refractivity contribution is 6.39. The lowest BCUT2D eigenvalue weighted by atomic mass is 10.2. The SMILES string of the molecule is Cc1ccc(F)c(NC(=O)C(=O)NCCNc2ccccn2)c1. The highest BCUT2D eigenvalue weighted by Crippen LogP contribution is 2.15. The van der Waals surface area contributed by atoms with Crippen molar-refractivity contribution in [2.45, 2.75) is 6.92 Å². The Morgan fingerprint density at radius 3 is 2.70 bits per heavy atom. The largest absolute Gasteiger partial charge is 0.368 e. The zero-order valence-corrected chi connectivity index (χ0v) is 12.6. The molecule has 3 N–H and O–H groups in total. The normalized spacial score (nSPS) is 10.0. The number of benzene rings is 1. The summed E-state index contributed by atoms with van der Waals surface area (Å²) < 4.78 is 13.5. The highest BCUT2D eigenvalue weighted by atomic mass is 19.1. The number of carbonyl (C=O) groups excluding carboxylic acids is 2. The van der Waals surface area contributed by atoms with Gasteiger partial charge in [0.15, 0.2) is 0 Å². The van der Waals surface area contributed by atoms with Crippen LogP contribution < -0.4 is 16.0 Å². The second kappa shape index (κ2) is 7.88. The first-order valence-electron chi connectivity index (χ1n) is 7.06. The van der Waals surface area contributed by atoms with Gasteiger partial charge in [0.25, 0.3) is 0 Å². The predicted molar refractivity (Wildman–Crippen MR) is 85.5 cm³/mol. The van der Waals surface area contributed by atoms with Crippen LogP contribution in [-0.4, -0.2) is 29.9 Å². The smallest absolute Gasteiger partial charge is 0.313 e. The number of nitrogens with one attached hydrogen (secondary N) is 3. The zero-order chi connectivity index (χ0) is 16.7. The Bertz CT molecular complexity index is 692. The summed E-state index contributed by atoms with van der Waals surface area (Å²) in [6, 6.07) is 9.69. The van der Waals surface area contributed by atoms with Crippen molar-refractivity contribution in [1.82, 2.24) is 10.3 Å². The van der Waals surface area contributed by atoms with Crippen LogP contribution in [-0.2, 0) is 9.59 Å². The minimum Gasteiger partial charge on any atom is -0.368 e. The average Bonchev–Trinajstić information content (AvgIpc) is 2.55. The van der Waals surface area contributed by atoms with E-state index in [2.05, 4.69) is 20.9 Å². The Hall–Kier alpha value is -2.96. The fourth-order valence-electron chi connectivity index (χ4n) is 1.83. The van der Waals surface area contributed by atoms with Crippen LogP contribution in [0.2, 0.25) is 0 Å². The standard InChI is InChI=1S/C16H17FN4O2/c1-11-5-6-12(17)13(10-11)21-16(23)15(22)20-9-8-19-14-4-2-3-7-18-14/h2-7,10H,8-9H2,1H3,(H,18,19)(H,20,22)(H,21,23). The van der Waals surface area contributed by atoms with Crippen molar-refractivity contribution in [3.63, 3.8) is 0 Å². The van der Waals surface area contributed by atoms with E-state index >= 15 is 0 Å². The number of halogens is 1. The number of hydrogen-bond acceptors (Lipinski definition) is 4. The van der Waals surface area contributed by atoms with Gasteiger partial charge in [-0.15, -0.1) is 0 Å². The summed E-state index contributed by atoms with van der Waals surface area (Å²) in [6.07, 6.45) is 1.64. The van der Waals surface area contributed by atoms with Gasteiger partial charge in [0.05, 0.1) is 5.69 Å². The minimum atomic E-state index is -0.910. The lowest BCUT2D eigenvalue weighted by molar-refractivity contribution is -0.136. The van der Waals surface area contributed by atoms with Gasteiger partial charge in [0.2, 0.25) is 0 Å². The number of rotatable bonds is 5. The topological polar surface area (TPSA) is 83.1 Å². The van der Waals surface area contributed by atoms with Crippen LogP contribution in [0.25, 0.3) is 0 Å². The molecule has 0 unspecified atom stereocenters. The highest BCUT2D eigenvalue weighted by Gasteiger charge is 2.15. The third-order valence-corrected chi connectivity index (χ3v) is 2.96. The van der Waals surface area contributed by atoms with E-state index in [0.29, 0.717) is 12.4 Å². The maximum Gasteiger partial charge on any atom is 0.313 e. The summed E-state index contributed by atoms with van der Waals surface area (Å²) in [5, 5.41) is 7.68. The van der Waals surface area contributed by atoms with Gasteiger partial charge >= 0.3 is 11.8 Å². The van der Waals surface area contributed by atoms with Crippen LogP contribution in [0, 0.1) is 12.7 Å². The van der Waals surface area contributed by atoms with Crippen LogP contribution in [0.3, 0.4) is 0 Å². The number of nitrogens with zero attached hydrogens (tertiary/aromatic N) is 1. The van der Waals surface area contributed by atoms with E-state index in [1.807, 2.05) is 6.07 Å². The van der Waals surface area contributed by atoms with Crippen molar-refractivity contribution in [3.05, 3.63) is 54.0 Å². The van der Waals surface area contributed by atoms with Crippen LogP contribution in [0.1, 0.15) is 5.56 Å². The molecule has 0 radical (unpaired) electrons. The molecule has 0 aliphatic carbocycles. The molecule has 0 saturated carbocycles. The first-order valence-corrected chi connectivity index (χ1v) is 7.06. The van der Waals surface area contributed by atoms with E-state index in [1.54, 1.807) is 31.3 Å². The van der Waals surface area contributed by atoms with Crippen molar-refractivity contribution in [1.29, 1.82) is 0 Å². The lowest BCUT2D eigenvalue weighted by Crippen LogP contribution is -2.38. The fraction of sp³-hybridized carbons (Fsp3) is 0.188. The summed E-state index contributed by atoms with van der Waals surface area (Å²) in [4.78, 5) is 27.4. The fourth-order valence-corrected chi connectivity index (χ4v) is 1.83. The average molecular weight is 316 g/mol. The number of aryl methyl sites for hydroxylation is 1. The molecule has 6 nitrogen and oxygen atoms in total. The molecule has 1 heterocycles. The molecule has 7 heteroatoms. The molecule has 0 spiro atoms. The molecule has 0 saturated heterocycles. The maximum atomic E-state index is 13.5. The van der Waals surface area contributed by atoms with Gasteiger partial charge in [0, 0.05) is 19.3 Å². The zero-order valence-electron chi connectivity index (χ0n) is 12.6. The predicted octanol–water partition coefficient (Wildman–Crippen LogP) is 1.70. The molecule has 0 atom stereocenters. The van der Waals surface area contributed by atoms with Crippen LogP contribution in [0.15, 0.2) is 42.6 Å². The number of pyridine rings is 1. The summed E-state index contributed by atoms with van der Waals surface area (Å²) >= 11 is 0. The monoisotopic (exact) mass is 316 g/mol. The quantitative estimate of drug-likeness (QED) is 0.579. The van der Waals surface area contributed by atoms with Gasteiger partial charge in [-0.3, -0.25) is 9.59 Å². The van der Waals surface area contributed by atoms with Gasteiger partial charge in [-0.05, 0) is 36.8 Å². The number of amides is 2. The molecule has 2 amide bonds. The molecule has 2 aromatic rings. The van der Waals surface area contributed by atoms with Crippen molar-refractivity contribution in [2.24, 2.45) is 0 Å². The molecule has 0 bridgehead atoms. The molecular weight excluding hydrogens is 299 g/mol. The summed E-state index contributed by atoms with van der Waals surface area (Å²) in [5.74, 6) is -1.65. The van der Waals surface area contributed by atoms with E-state index in [9.17, 15) is 14.0 Å². The number of carbonyl (C=O) groups is 2. The molecule has 0 fully saturated rings. The molecule has 0 aliphatic rings. The Kier molecular flexibility index (Phi) is 5.62. The van der Waals surface area contributed by atoms with E-state index in [0.717, 1.165) is 5.56 Å². The number of anilines is 2. The second-order valence-corrected chi connectivity index (χ2v) is 4.84. The van der Waals surface area contributed by atoms with Gasteiger partial charge in [-0.1, -0.05) is 12.1 Å². The number of hydrogen-bond donors (Lipinski definition) is 3.